The second kappa shape index (κ2) is 7.16. The van der Waals surface area contributed by atoms with Crippen molar-refractivity contribution < 1.29 is 14.7 Å². The summed E-state index contributed by atoms with van der Waals surface area (Å²) in [7, 11) is 0. The third-order valence-electron chi connectivity index (χ3n) is 2.79. The van der Waals surface area contributed by atoms with Crippen LogP contribution in [0.25, 0.3) is 0 Å². The molecule has 0 bridgehead atoms. The molecule has 2 aromatic rings. The van der Waals surface area contributed by atoms with Gasteiger partial charge in [-0.3, -0.25) is 4.79 Å². The highest BCUT2D eigenvalue weighted by atomic mass is 35.5. The molecule has 120 valence electrons. The molecule has 0 atom stereocenters. The molecule has 0 spiro atoms. The lowest BCUT2D eigenvalue weighted by Crippen LogP contribution is -2.18. The average Bonchev–Trinajstić information content (AvgIpc) is 2.48. The van der Waals surface area contributed by atoms with Gasteiger partial charge in [0.2, 0.25) is 0 Å². The first kappa shape index (κ1) is 18.2. The largest absolute Gasteiger partial charge is 0.478 e. The number of amides is 1. The maximum Gasteiger partial charge on any atom is 0.338 e. The number of carbonyl (C=O) groups is 2. The number of benzene rings is 2. The lowest BCUT2D eigenvalue weighted by molar-refractivity contribution is 0.0692. The Morgan fingerprint density at radius 2 is 1.43 bits per heavy atom. The highest BCUT2D eigenvalue weighted by Crippen LogP contribution is 2.41. The van der Waals surface area contributed by atoms with E-state index in [9.17, 15) is 14.7 Å². The topological polar surface area (TPSA) is 66.4 Å². The molecule has 0 saturated heterocycles. The number of carboxylic acid groups (broad SMARTS) is 1. The molecule has 0 aliphatic rings. The van der Waals surface area contributed by atoms with Gasteiger partial charge in [-0.15, -0.1) is 0 Å². The Morgan fingerprint density at radius 3 is 1.96 bits per heavy atom. The van der Waals surface area contributed by atoms with Crippen LogP contribution in [0.5, 0.6) is 0 Å². The van der Waals surface area contributed by atoms with Gasteiger partial charge in [-0.2, -0.15) is 0 Å². The second-order valence-electron chi connectivity index (χ2n) is 4.28. The number of aromatic carboxylic acids is 1. The maximum atomic E-state index is 12.4. The van der Waals surface area contributed by atoms with Crippen molar-refractivity contribution in [1.29, 1.82) is 0 Å². The van der Waals surface area contributed by atoms with Crippen molar-refractivity contribution >= 4 is 75.6 Å². The number of anilines is 1. The Balaban J connectivity index is 2.58. The third-order valence-corrected chi connectivity index (χ3v) is 4.83. The molecular weight excluding hydrogens is 407 g/mol. The van der Waals surface area contributed by atoms with E-state index in [-0.39, 0.29) is 20.1 Å². The van der Waals surface area contributed by atoms with Gasteiger partial charge in [0.05, 0.1) is 31.2 Å². The molecule has 0 saturated carbocycles. The molecule has 1 amide bonds. The monoisotopic (exact) mass is 411 g/mol. The van der Waals surface area contributed by atoms with Crippen LogP contribution in [0, 0.1) is 0 Å². The van der Waals surface area contributed by atoms with Gasteiger partial charge in [0, 0.05) is 10.7 Å². The molecule has 0 aliphatic heterocycles. The summed E-state index contributed by atoms with van der Waals surface area (Å²) in [5, 5.41) is 11.0. The van der Waals surface area contributed by atoms with Crippen molar-refractivity contribution in [3.05, 3.63) is 60.5 Å². The van der Waals surface area contributed by atoms with Crippen LogP contribution in [-0.4, -0.2) is 17.0 Å². The Kier molecular flexibility index (Phi) is 5.65. The van der Waals surface area contributed by atoms with E-state index in [0.29, 0.717) is 10.7 Å². The van der Waals surface area contributed by atoms with E-state index in [1.54, 1.807) is 18.2 Å². The minimum absolute atomic E-state index is 0.209. The third kappa shape index (κ3) is 3.67. The Labute approximate surface area is 155 Å². The fourth-order valence-corrected chi connectivity index (χ4v) is 3.02. The normalized spacial score (nSPS) is 10.5. The summed E-state index contributed by atoms with van der Waals surface area (Å²) in [5.41, 5.74) is -0.582. The van der Waals surface area contributed by atoms with Crippen LogP contribution >= 0.6 is 58.0 Å². The number of carboxylic acids is 1. The fourth-order valence-electron chi connectivity index (χ4n) is 1.81. The van der Waals surface area contributed by atoms with Gasteiger partial charge in [0.25, 0.3) is 5.91 Å². The van der Waals surface area contributed by atoms with E-state index in [1.165, 1.54) is 6.07 Å². The van der Waals surface area contributed by atoms with Gasteiger partial charge in [0.1, 0.15) is 0 Å². The Hall–Kier alpha value is -1.17. The van der Waals surface area contributed by atoms with Crippen LogP contribution in [0.2, 0.25) is 25.1 Å². The smallest absolute Gasteiger partial charge is 0.338 e. The molecule has 23 heavy (non-hydrogen) atoms. The molecule has 4 nitrogen and oxygen atoms in total. The molecule has 0 aliphatic carbocycles. The molecule has 0 unspecified atom stereocenters. The van der Waals surface area contributed by atoms with Crippen molar-refractivity contribution in [2.24, 2.45) is 0 Å². The SMILES string of the molecule is O=C(O)c1c(Cl)c(Cl)c(Cl)c(Cl)c1C(=O)Nc1cccc(Cl)c1. The van der Waals surface area contributed by atoms with Crippen LogP contribution in [0.3, 0.4) is 0 Å². The number of carbonyl (C=O) groups excluding carboxylic acids is 1. The van der Waals surface area contributed by atoms with E-state index in [2.05, 4.69) is 5.32 Å². The molecule has 0 radical (unpaired) electrons. The van der Waals surface area contributed by atoms with Gasteiger partial charge in [-0.25, -0.2) is 4.79 Å². The highest BCUT2D eigenvalue weighted by Gasteiger charge is 2.28. The average molecular weight is 413 g/mol. The van der Waals surface area contributed by atoms with Gasteiger partial charge >= 0.3 is 5.97 Å². The molecule has 2 aromatic carbocycles. The second-order valence-corrected chi connectivity index (χ2v) is 6.22. The molecule has 2 rings (SSSR count). The number of hydrogen-bond acceptors (Lipinski definition) is 2. The van der Waals surface area contributed by atoms with Gasteiger partial charge < -0.3 is 10.4 Å². The summed E-state index contributed by atoms with van der Waals surface area (Å²) < 4.78 is 0. The fraction of sp³-hybridized carbons (Fsp3) is 0. The summed E-state index contributed by atoms with van der Waals surface area (Å²) in [6.45, 7) is 0. The first-order valence-electron chi connectivity index (χ1n) is 5.90. The zero-order valence-electron chi connectivity index (χ0n) is 11.0. The van der Waals surface area contributed by atoms with Gasteiger partial charge in [-0.1, -0.05) is 64.1 Å². The van der Waals surface area contributed by atoms with Crippen LogP contribution in [0.15, 0.2) is 24.3 Å². The van der Waals surface area contributed by atoms with Gasteiger partial charge in [-0.05, 0) is 18.2 Å². The minimum Gasteiger partial charge on any atom is -0.478 e. The van der Waals surface area contributed by atoms with Crippen LogP contribution in [0.4, 0.5) is 5.69 Å². The summed E-state index contributed by atoms with van der Waals surface area (Å²) in [5.74, 6) is -2.28. The van der Waals surface area contributed by atoms with Crippen molar-refractivity contribution in [2.75, 3.05) is 5.32 Å². The summed E-state index contributed by atoms with van der Waals surface area (Å²) in [6, 6.07) is 6.27. The molecule has 2 N–H and O–H groups in total. The predicted molar refractivity (Wildman–Crippen MR) is 92.8 cm³/mol. The molecule has 0 aromatic heterocycles. The van der Waals surface area contributed by atoms with Crippen molar-refractivity contribution in [1.82, 2.24) is 0 Å². The maximum absolute atomic E-state index is 12.4. The number of nitrogens with one attached hydrogen (secondary N) is 1. The van der Waals surface area contributed by atoms with E-state index in [4.69, 9.17) is 58.0 Å². The van der Waals surface area contributed by atoms with Crippen molar-refractivity contribution in [3.8, 4) is 0 Å². The zero-order valence-corrected chi connectivity index (χ0v) is 14.7. The molecule has 9 heteroatoms. The number of rotatable bonds is 3. The number of hydrogen-bond donors (Lipinski definition) is 2. The zero-order chi connectivity index (χ0) is 17.3. The molecule has 0 heterocycles. The first-order chi connectivity index (χ1) is 10.7. The highest BCUT2D eigenvalue weighted by molar-refractivity contribution is 6.54. The quantitative estimate of drug-likeness (QED) is 0.486. The predicted octanol–water partition coefficient (Wildman–Crippen LogP) is 5.90. The van der Waals surface area contributed by atoms with E-state index in [1.807, 2.05) is 0 Å². The van der Waals surface area contributed by atoms with Crippen LogP contribution in [-0.2, 0) is 0 Å². The molecular formula is C14H6Cl5NO3. The van der Waals surface area contributed by atoms with E-state index < -0.39 is 23.0 Å². The lowest BCUT2D eigenvalue weighted by atomic mass is 10.1. The summed E-state index contributed by atoms with van der Waals surface area (Å²) in [4.78, 5) is 23.8. The standard InChI is InChI=1S/C14H6Cl5NO3/c15-5-2-1-3-6(4-5)20-13(21)7-8(14(22)23)10(17)12(19)11(18)9(7)16/h1-4H,(H,20,21)(H,22,23). The Morgan fingerprint density at radius 1 is 0.870 bits per heavy atom. The molecule has 0 fully saturated rings. The van der Waals surface area contributed by atoms with E-state index in [0.717, 1.165) is 0 Å². The van der Waals surface area contributed by atoms with Gasteiger partial charge in [0.15, 0.2) is 0 Å². The van der Waals surface area contributed by atoms with Crippen molar-refractivity contribution in [3.63, 3.8) is 0 Å². The Bertz CT molecular complexity index is 823. The van der Waals surface area contributed by atoms with E-state index >= 15 is 0 Å². The number of halogens is 5. The van der Waals surface area contributed by atoms with Crippen LogP contribution in [0.1, 0.15) is 20.7 Å². The van der Waals surface area contributed by atoms with Crippen LogP contribution < -0.4 is 5.32 Å². The summed E-state index contributed by atoms with van der Waals surface area (Å²) >= 11 is 29.4. The summed E-state index contributed by atoms with van der Waals surface area (Å²) in [6.07, 6.45) is 0. The minimum atomic E-state index is -1.47. The van der Waals surface area contributed by atoms with Crippen molar-refractivity contribution in [2.45, 2.75) is 0 Å². The lowest BCUT2D eigenvalue weighted by Gasteiger charge is -2.14. The first-order valence-corrected chi connectivity index (χ1v) is 7.79.